The van der Waals surface area contributed by atoms with Gasteiger partial charge in [0, 0.05) is 35.6 Å². The summed E-state index contributed by atoms with van der Waals surface area (Å²) >= 11 is 0. The number of nitrogens with zero attached hydrogens (tertiary/aromatic N) is 2. The third-order valence-corrected chi connectivity index (χ3v) is 5.44. The highest BCUT2D eigenvalue weighted by molar-refractivity contribution is 6.01. The lowest BCUT2D eigenvalue weighted by molar-refractivity contribution is -0.124. The predicted octanol–water partition coefficient (Wildman–Crippen LogP) is 3.35. The number of Topliss-reactive ketones (excluding diaryl/α,β-unsaturated/α-hetero) is 1. The Morgan fingerprint density at radius 1 is 0.935 bits per heavy atom. The number of nitrogens with one attached hydrogen (secondary N) is 1. The molecule has 156 valence electrons. The Balaban J connectivity index is 1.44. The highest BCUT2D eigenvalue weighted by Crippen LogP contribution is 2.24. The van der Waals surface area contributed by atoms with Crippen LogP contribution in [0.3, 0.4) is 0 Å². The molecule has 1 aliphatic rings. The maximum atomic E-state index is 13.2. The number of aromatic nitrogens is 1. The quantitative estimate of drug-likeness (QED) is 0.629. The Kier molecular flexibility index (Phi) is 6.17. The summed E-state index contributed by atoms with van der Waals surface area (Å²) in [6.45, 7) is 0.429. The third kappa shape index (κ3) is 4.69. The van der Waals surface area contributed by atoms with E-state index in [1.165, 1.54) is 0 Å². The van der Waals surface area contributed by atoms with Gasteiger partial charge in [-0.15, -0.1) is 0 Å². The van der Waals surface area contributed by atoms with Gasteiger partial charge in [-0.1, -0.05) is 48.5 Å². The van der Waals surface area contributed by atoms with E-state index >= 15 is 0 Å². The molecule has 2 aromatic carbocycles. The van der Waals surface area contributed by atoms with Gasteiger partial charge in [-0.25, -0.2) is 0 Å². The Morgan fingerprint density at radius 3 is 2.48 bits per heavy atom. The smallest absolute Gasteiger partial charge is 0.254 e. The van der Waals surface area contributed by atoms with Gasteiger partial charge in [-0.2, -0.15) is 0 Å². The summed E-state index contributed by atoms with van der Waals surface area (Å²) in [5.41, 5.74) is 2.90. The van der Waals surface area contributed by atoms with Gasteiger partial charge in [0.2, 0.25) is 5.91 Å². The molecule has 1 atom stereocenters. The van der Waals surface area contributed by atoms with E-state index in [0.717, 1.165) is 17.5 Å². The van der Waals surface area contributed by atoms with Gasteiger partial charge >= 0.3 is 0 Å². The number of carbonyl (C=O) groups excluding carboxylic acids is 3. The SMILES string of the molecule is O=C(CNC(=O)C1CCCN1C(=O)c1cccc(-c2cccnc2)c1)c1ccccc1. The first-order valence-electron chi connectivity index (χ1n) is 10.3. The van der Waals surface area contributed by atoms with Crippen LogP contribution in [0.15, 0.2) is 79.1 Å². The first-order chi connectivity index (χ1) is 15.1. The lowest BCUT2D eigenvalue weighted by Crippen LogP contribution is -2.47. The summed E-state index contributed by atoms with van der Waals surface area (Å²) in [6.07, 6.45) is 4.78. The molecule has 6 heteroatoms. The topological polar surface area (TPSA) is 79.4 Å². The zero-order valence-electron chi connectivity index (χ0n) is 17.0. The molecule has 1 aromatic heterocycles. The fourth-order valence-electron chi connectivity index (χ4n) is 3.82. The van der Waals surface area contributed by atoms with Gasteiger partial charge in [-0.3, -0.25) is 19.4 Å². The van der Waals surface area contributed by atoms with Crippen molar-refractivity contribution in [3.8, 4) is 11.1 Å². The number of pyridine rings is 1. The van der Waals surface area contributed by atoms with Crippen LogP contribution in [0.5, 0.6) is 0 Å². The molecule has 1 aliphatic heterocycles. The summed E-state index contributed by atoms with van der Waals surface area (Å²) in [5, 5.41) is 2.71. The molecule has 0 bridgehead atoms. The second-order valence-electron chi connectivity index (χ2n) is 7.49. The van der Waals surface area contributed by atoms with Crippen molar-refractivity contribution in [3.05, 3.63) is 90.3 Å². The maximum Gasteiger partial charge on any atom is 0.254 e. The van der Waals surface area contributed by atoms with Gasteiger partial charge in [-0.05, 0) is 36.6 Å². The van der Waals surface area contributed by atoms with Gasteiger partial charge in [0.15, 0.2) is 5.78 Å². The van der Waals surface area contributed by atoms with Crippen molar-refractivity contribution in [2.24, 2.45) is 0 Å². The third-order valence-electron chi connectivity index (χ3n) is 5.44. The molecule has 31 heavy (non-hydrogen) atoms. The van der Waals surface area contributed by atoms with Crippen LogP contribution in [0.1, 0.15) is 33.6 Å². The normalized spacial score (nSPS) is 15.5. The molecule has 0 spiro atoms. The molecule has 3 aromatic rings. The number of amides is 2. The molecule has 2 heterocycles. The largest absolute Gasteiger partial charge is 0.347 e. The minimum Gasteiger partial charge on any atom is -0.347 e. The predicted molar refractivity (Wildman–Crippen MR) is 118 cm³/mol. The Hall–Kier alpha value is -3.80. The van der Waals surface area contributed by atoms with Crippen LogP contribution < -0.4 is 5.32 Å². The average Bonchev–Trinajstić information content (AvgIpc) is 3.33. The molecule has 2 amide bonds. The molecular formula is C25H23N3O3. The minimum atomic E-state index is -0.571. The Labute approximate surface area is 180 Å². The van der Waals surface area contributed by atoms with Crippen molar-refractivity contribution in [1.29, 1.82) is 0 Å². The second kappa shape index (κ2) is 9.34. The molecule has 0 saturated carbocycles. The van der Waals surface area contributed by atoms with Gasteiger partial charge < -0.3 is 10.2 Å². The highest BCUT2D eigenvalue weighted by Gasteiger charge is 2.34. The van der Waals surface area contributed by atoms with Crippen molar-refractivity contribution in [1.82, 2.24) is 15.2 Å². The molecule has 1 N–H and O–H groups in total. The first-order valence-corrected chi connectivity index (χ1v) is 10.3. The van der Waals surface area contributed by atoms with Gasteiger partial charge in [0.05, 0.1) is 6.54 Å². The van der Waals surface area contributed by atoms with E-state index in [2.05, 4.69) is 10.3 Å². The highest BCUT2D eigenvalue weighted by atomic mass is 16.2. The zero-order valence-corrected chi connectivity index (χ0v) is 17.0. The number of ketones is 1. The van der Waals surface area contributed by atoms with Crippen LogP contribution in [-0.4, -0.2) is 46.6 Å². The molecule has 1 saturated heterocycles. The van der Waals surface area contributed by atoms with Crippen LogP contribution >= 0.6 is 0 Å². The van der Waals surface area contributed by atoms with Crippen LogP contribution in [0.2, 0.25) is 0 Å². The van der Waals surface area contributed by atoms with E-state index in [1.807, 2.05) is 36.4 Å². The van der Waals surface area contributed by atoms with Crippen molar-refractivity contribution < 1.29 is 14.4 Å². The number of rotatable bonds is 6. The molecule has 6 nitrogen and oxygen atoms in total. The van der Waals surface area contributed by atoms with E-state index in [1.54, 1.807) is 47.6 Å². The van der Waals surface area contributed by atoms with E-state index in [0.29, 0.717) is 24.1 Å². The standard InChI is InChI=1S/C25H23N3O3/c29-23(18-7-2-1-3-8-18)17-27-24(30)22-12-6-14-28(22)25(31)20-10-4-9-19(15-20)21-11-5-13-26-16-21/h1-5,7-11,13,15-16,22H,6,12,14,17H2,(H,27,30). The number of benzene rings is 2. The van der Waals surface area contributed by atoms with E-state index in [-0.39, 0.29) is 24.1 Å². The van der Waals surface area contributed by atoms with Gasteiger partial charge in [0.1, 0.15) is 6.04 Å². The van der Waals surface area contributed by atoms with Crippen molar-refractivity contribution >= 4 is 17.6 Å². The van der Waals surface area contributed by atoms with Crippen LogP contribution in [0.4, 0.5) is 0 Å². The molecular weight excluding hydrogens is 390 g/mol. The fourth-order valence-corrected chi connectivity index (χ4v) is 3.82. The van der Waals surface area contributed by atoms with Crippen LogP contribution in [0.25, 0.3) is 11.1 Å². The van der Waals surface area contributed by atoms with Gasteiger partial charge in [0.25, 0.3) is 5.91 Å². The number of hydrogen-bond acceptors (Lipinski definition) is 4. The number of hydrogen-bond donors (Lipinski definition) is 1. The maximum absolute atomic E-state index is 13.2. The summed E-state index contributed by atoms with van der Waals surface area (Å²) in [6, 6.07) is 19.4. The van der Waals surface area contributed by atoms with Crippen molar-refractivity contribution in [3.63, 3.8) is 0 Å². The molecule has 0 aliphatic carbocycles. The summed E-state index contributed by atoms with van der Waals surface area (Å²) in [4.78, 5) is 43.9. The van der Waals surface area contributed by atoms with E-state index in [9.17, 15) is 14.4 Å². The first kappa shape index (κ1) is 20.5. The molecule has 1 fully saturated rings. The lowest BCUT2D eigenvalue weighted by atomic mass is 10.0. The number of likely N-dealkylation sites (tertiary alicyclic amines) is 1. The molecule has 0 radical (unpaired) electrons. The second-order valence-corrected chi connectivity index (χ2v) is 7.49. The fraction of sp³-hybridized carbons (Fsp3) is 0.200. The lowest BCUT2D eigenvalue weighted by Gasteiger charge is -2.24. The zero-order chi connectivity index (χ0) is 21.6. The summed E-state index contributed by atoms with van der Waals surface area (Å²) in [5.74, 6) is -0.634. The Morgan fingerprint density at radius 2 is 1.71 bits per heavy atom. The monoisotopic (exact) mass is 413 g/mol. The van der Waals surface area contributed by atoms with E-state index in [4.69, 9.17) is 0 Å². The Bertz CT molecular complexity index is 1080. The van der Waals surface area contributed by atoms with E-state index < -0.39 is 6.04 Å². The molecule has 1 unspecified atom stereocenters. The summed E-state index contributed by atoms with van der Waals surface area (Å²) < 4.78 is 0. The summed E-state index contributed by atoms with van der Waals surface area (Å²) in [7, 11) is 0. The van der Waals surface area contributed by atoms with Crippen LogP contribution in [0, 0.1) is 0 Å². The van der Waals surface area contributed by atoms with Crippen molar-refractivity contribution in [2.45, 2.75) is 18.9 Å². The minimum absolute atomic E-state index is 0.0854. The average molecular weight is 413 g/mol. The van der Waals surface area contributed by atoms with Crippen molar-refractivity contribution in [2.75, 3.05) is 13.1 Å². The molecule has 4 rings (SSSR count). The van der Waals surface area contributed by atoms with Crippen LogP contribution in [-0.2, 0) is 4.79 Å². The number of carbonyl (C=O) groups is 3.